The van der Waals surface area contributed by atoms with E-state index in [0.29, 0.717) is 22.7 Å². The van der Waals surface area contributed by atoms with Crippen molar-refractivity contribution in [2.24, 2.45) is 0 Å². The second-order valence-electron chi connectivity index (χ2n) is 6.20. The molecule has 26 heavy (non-hydrogen) atoms. The number of nitrogens with zero attached hydrogens (tertiary/aromatic N) is 3. The zero-order valence-corrected chi connectivity index (χ0v) is 16.3. The summed E-state index contributed by atoms with van der Waals surface area (Å²) < 4.78 is 7.24. The molecule has 2 N–H and O–H groups in total. The maximum atomic E-state index is 6.09. The molecule has 0 atom stereocenters. The molecule has 0 bridgehead atoms. The van der Waals surface area contributed by atoms with Gasteiger partial charge in [0, 0.05) is 10.8 Å². The van der Waals surface area contributed by atoms with Gasteiger partial charge in [-0.05, 0) is 41.3 Å². The minimum Gasteiger partial charge on any atom is -0.486 e. The van der Waals surface area contributed by atoms with E-state index in [1.54, 1.807) is 0 Å². The molecule has 0 spiro atoms. The monoisotopic (exact) mass is 388 g/mol. The lowest BCUT2D eigenvalue weighted by Crippen LogP contribution is -2.15. The van der Waals surface area contributed by atoms with Gasteiger partial charge in [-0.3, -0.25) is 0 Å². The van der Waals surface area contributed by atoms with Gasteiger partial charge in [0.15, 0.2) is 5.82 Å². The Labute approximate surface area is 162 Å². The van der Waals surface area contributed by atoms with Crippen LogP contribution in [0.4, 0.5) is 0 Å². The Bertz CT molecular complexity index is 864. The van der Waals surface area contributed by atoms with Gasteiger partial charge in [-0.1, -0.05) is 61.5 Å². The van der Waals surface area contributed by atoms with Gasteiger partial charge in [0.1, 0.15) is 12.4 Å². The maximum Gasteiger partial charge on any atom is 0.210 e. The summed E-state index contributed by atoms with van der Waals surface area (Å²) in [5.74, 6) is 8.66. The van der Waals surface area contributed by atoms with Crippen molar-refractivity contribution in [1.82, 2.24) is 14.9 Å². The van der Waals surface area contributed by atoms with Gasteiger partial charge < -0.3 is 10.6 Å². The van der Waals surface area contributed by atoms with E-state index in [0.717, 1.165) is 16.3 Å². The number of aromatic nitrogens is 3. The van der Waals surface area contributed by atoms with Crippen LogP contribution in [0, 0.1) is 0 Å². The Kier molecular flexibility index (Phi) is 6.06. The van der Waals surface area contributed by atoms with Crippen molar-refractivity contribution in [2.45, 2.75) is 37.3 Å². The summed E-state index contributed by atoms with van der Waals surface area (Å²) in [5.41, 5.74) is 2.38. The number of hydrogen-bond donors (Lipinski definition) is 1. The van der Waals surface area contributed by atoms with E-state index in [4.69, 9.17) is 22.2 Å². The third-order valence-electron chi connectivity index (χ3n) is 3.91. The topological polar surface area (TPSA) is 66.0 Å². The van der Waals surface area contributed by atoms with E-state index >= 15 is 0 Å². The summed E-state index contributed by atoms with van der Waals surface area (Å²) in [5, 5.41) is 9.62. The van der Waals surface area contributed by atoms with Crippen LogP contribution in [0.3, 0.4) is 0 Å². The molecule has 0 amide bonds. The van der Waals surface area contributed by atoms with E-state index in [2.05, 4.69) is 36.2 Å². The van der Waals surface area contributed by atoms with Crippen molar-refractivity contribution in [1.29, 1.82) is 0 Å². The highest BCUT2D eigenvalue weighted by atomic mass is 35.5. The predicted octanol–water partition coefficient (Wildman–Crippen LogP) is 4.64. The van der Waals surface area contributed by atoms with Crippen LogP contribution >= 0.6 is 23.4 Å². The van der Waals surface area contributed by atoms with Crippen LogP contribution in [0.5, 0.6) is 5.75 Å². The molecule has 0 aliphatic carbocycles. The molecular formula is C19H21ClN4OS. The summed E-state index contributed by atoms with van der Waals surface area (Å²) in [6.45, 7) is 4.59. The minimum atomic E-state index is 0.266. The van der Waals surface area contributed by atoms with Gasteiger partial charge in [0.25, 0.3) is 0 Å². The molecule has 0 unspecified atom stereocenters. The third-order valence-corrected chi connectivity index (χ3v) is 5.16. The molecule has 0 saturated carbocycles. The van der Waals surface area contributed by atoms with Crippen LogP contribution in [-0.2, 0) is 12.4 Å². The highest BCUT2D eigenvalue weighted by Gasteiger charge is 2.11. The fraction of sp³-hybridized carbons (Fsp3) is 0.263. The smallest absolute Gasteiger partial charge is 0.210 e. The third kappa shape index (κ3) is 4.71. The number of ether oxygens (including phenoxy) is 1. The lowest BCUT2D eigenvalue weighted by Gasteiger charge is -2.09. The van der Waals surface area contributed by atoms with Crippen molar-refractivity contribution in [2.75, 3.05) is 5.84 Å². The first-order chi connectivity index (χ1) is 12.5. The molecule has 0 radical (unpaired) electrons. The lowest BCUT2D eigenvalue weighted by atomic mass is 10.0. The van der Waals surface area contributed by atoms with Crippen LogP contribution < -0.4 is 10.6 Å². The first kappa shape index (κ1) is 18.6. The summed E-state index contributed by atoms with van der Waals surface area (Å²) >= 11 is 7.51. The van der Waals surface area contributed by atoms with Gasteiger partial charge >= 0.3 is 0 Å². The average Bonchev–Trinajstić information content (AvgIpc) is 2.98. The zero-order chi connectivity index (χ0) is 18.5. The Morgan fingerprint density at radius 1 is 1.15 bits per heavy atom. The Morgan fingerprint density at radius 3 is 2.62 bits per heavy atom. The summed E-state index contributed by atoms with van der Waals surface area (Å²) in [6, 6.07) is 15.8. The highest BCUT2D eigenvalue weighted by molar-refractivity contribution is 7.98. The standard InChI is InChI=1S/C19H21ClN4OS/c1-13(2)15-6-8-17(9-7-15)25-11-18-22-23-19(24(18)21)26-12-14-4-3-5-16(20)10-14/h3-10,13H,11-12,21H2,1-2H3. The summed E-state index contributed by atoms with van der Waals surface area (Å²) in [4.78, 5) is 0. The predicted molar refractivity (Wildman–Crippen MR) is 106 cm³/mol. The number of benzene rings is 2. The number of thioether (sulfide) groups is 1. The molecule has 1 aromatic heterocycles. The van der Waals surface area contributed by atoms with Crippen LogP contribution in [0.25, 0.3) is 0 Å². The highest BCUT2D eigenvalue weighted by Crippen LogP contribution is 2.23. The van der Waals surface area contributed by atoms with Crippen molar-refractivity contribution in [3.8, 4) is 5.75 Å². The normalized spacial score (nSPS) is 11.1. The molecule has 0 aliphatic rings. The largest absolute Gasteiger partial charge is 0.486 e. The zero-order valence-electron chi connectivity index (χ0n) is 14.7. The molecule has 0 saturated heterocycles. The van der Waals surface area contributed by atoms with Crippen molar-refractivity contribution in [3.05, 3.63) is 70.5 Å². The Morgan fingerprint density at radius 2 is 1.92 bits per heavy atom. The Hall–Kier alpha value is -2.18. The molecular weight excluding hydrogens is 368 g/mol. The fourth-order valence-corrected chi connectivity index (χ4v) is 3.41. The molecule has 0 aliphatic heterocycles. The van der Waals surface area contributed by atoms with E-state index in [1.807, 2.05) is 36.4 Å². The van der Waals surface area contributed by atoms with Crippen molar-refractivity contribution < 1.29 is 4.74 Å². The molecule has 3 aromatic rings. The molecule has 2 aromatic carbocycles. The van der Waals surface area contributed by atoms with Crippen LogP contribution in [0.1, 0.15) is 36.7 Å². The lowest BCUT2D eigenvalue weighted by molar-refractivity contribution is 0.291. The molecule has 0 fully saturated rings. The van der Waals surface area contributed by atoms with Crippen molar-refractivity contribution in [3.63, 3.8) is 0 Å². The summed E-state index contributed by atoms with van der Waals surface area (Å²) in [7, 11) is 0. The van der Waals surface area contributed by atoms with E-state index in [-0.39, 0.29) is 6.61 Å². The number of hydrogen-bond acceptors (Lipinski definition) is 5. The second-order valence-corrected chi connectivity index (χ2v) is 7.58. The molecule has 1 heterocycles. The average molecular weight is 389 g/mol. The van der Waals surface area contributed by atoms with E-state index < -0.39 is 0 Å². The van der Waals surface area contributed by atoms with Crippen LogP contribution in [0.15, 0.2) is 53.7 Å². The summed E-state index contributed by atoms with van der Waals surface area (Å²) in [6.07, 6.45) is 0. The SMILES string of the molecule is CC(C)c1ccc(OCc2nnc(SCc3cccc(Cl)c3)n2N)cc1. The number of nitrogens with two attached hydrogens (primary N) is 1. The van der Waals surface area contributed by atoms with Gasteiger partial charge in [-0.2, -0.15) is 0 Å². The fourth-order valence-electron chi connectivity index (χ4n) is 2.38. The van der Waals surface area contributed by atoms with Gasteiger partial charge in [0.05, 0.1) is 0 Å². The number of nitrogen functional groups attached to an aromatic ring is 1. The maximum absolute atomic E-state index is 6.09. The number of halogens is 1. The van der Waals surface area contributed by atoms with Crippen LogP contribution in [-0.4, -0.2) is 14.9 Å². The first-order valence-corrected chi connectivity index (χ1v) is 9.68. The van der Waals surface area contributed by atoms with E-state index in [9.17, 15) is 0 Å². The van der Waals surface area contributed by atoms with Crippen molar-refractivity contribution >= 4 is 23.4 Å². The quantitative estimate of drug-likeness (QED) is 0.471. The first-order valence-electron chi connectivity index (χ1n) is 8.32. The van der Waals surface area contributed by atoms with Gasteiger partial charge in [-0.15, -0.1) is 10.2 Å². The molecule has 5 nitrogen and oxygen atoms in total. The van der Waals surface area contributed by atoms with Gasteiger partial charge in [0.2, 0.25) is 5.16 Å². The minimum absolute atomic E-state index is 0.266. The molecule has 7 heteroatoms. The number of rotatable bonds is 7. The molecule has 136 valence electrons. The Balaban J connectivity index is 1.58. The van der Waals surface area contributed by atoms with Gasteiger partial charge in [-0.25, -0.2) is 4.68 Å². The second kappa shape index (κ2) is 8.47. The van der Waals surface area contributed by atoms with E-state index in [1.165, 1.54) is 22.0 Å². The molecule has 3 rings (SSSR count). The van der Waals surface area contributed by atoms with Crippen LogP contribution in [0.2, 0.25) is 5.02 Å².